The maximum atomic E-state index is 13.0. The molecule has 0 radical (unpaired) electrons. The van der Waals surface area contributed by atoms with Crippen LogP contribution in [0.5, 0.6) is 0 Å². The molecule has 1 N–H and O–H groups in total. The molecule has 2 aromatic heterocycles. The van der Waals surface area contributed by atoms with E-state index in [4.69, 9.17) is 4.98 Å². The van der Waals surface area contributed by atoms with Gasteiger partial charge in [-0.25, -0.2) is 4.98 Å². The molecule has 0 aliphatic carbocycles. The van der Waals surface area contributed by atoms with E-state index in [1.54, 1.807) is 0 Å². The number of carbonyl (C=O) groups is 1. The molecule has 1 amide bonds. The van der Waals surface area contributed by atoms with Crippen molar-refractivity contribution < 1.29 is 4.79 Å². The molecule has 0 spiro atoms. The molecule has 0 saturated carbocycles. The van der Waals surface area contributed by atoms with Gasteiger partial charge in [-0.15, -0.1) is 10.2 Å². The number of nitrogens with zero attached hydrogens (tertiary/aromatic N) is 3. The van der Waals surface area contributed by atoms with E-state index in [0.717, 1.165) is 40.0 Å². The Balaban J connectivity index is 1.76. The number of para-hydroxylation sites is 1. The number of hydrogen-bond acceptors (Lipinski definition) is 5. The first kappa shape index (κ1) is 18.3. The predicted molar refractivity (Wildman–Crippen MR) is 114 cm³/mol. The molecule has 0 bridgehead atoms. The maximum absolute atomic E-state index is 13.0. The van der Waals surface area contributed by atoms with E-state index in [1.807, 2.05) is 37.3 Å². The SMILES string of the molecule is CCc1ccc(-c2cc(C(=O)Nc3nnc(CC)s3)c3ccccc3n2)cc1. The molecule has 2 aromatic carbocycles. The van der Waals surface area contributed by atoms with Crippen LogP contribution in [0.3, 0.4) is 0 Å². The molecule has 0 unspecified atom stereocenters. The Labute approximate surface area is 167 Å². The van der Waals surface area contributed by atoms with Crippen LogP contribution in [0.15, 0.2) is 54.6 Å². The van der Waals surface area contributed by atoms with Gasteiger partial charge < -0.3 is 0 Å². The van der Waals surface area contributed by atoms with Crippen LogP contribution in [-0.4, -0.2) is 21.1 Å². The first-order valence-corrected chi connectivity index (χ1v) is 10.1. The zero-order valence-electron chi connectivity index (χ0n) is 15.8. The molecule has 2 heterocycles. The number of rotatable bonds is 5. The molecular weight excluding hydrogens is 368 g/mol. The van der Waals surface area contributed by atoms with E-state index >= 15 is 0 Å². The molecule has 28 heavy (non-hydrogen) atoms. The Morgan fingerprint density at radius 3 is 2.50 bits per heavy atom. The average Bonchev–Trinajstić information content (AvgIpc) is 3.20. The van der Waals surface area contributed by atoms with Gasteiger partial charge in [-0.2, -0.15) is 0 Å². The fourth-order valence-corrected chi connectivity index (χ4v) is 3.71. The maximum Gasteiger partial charge on any atom is 0.258 e. The lowest BCUT2D eigenvalue weighted by Gasteiger charge is -2.10. The van der Waals surface area contributed by atoms with E-state index in [1.165, 1.54) is 16.9 Å². The van der Waals surface area contributed by atoms with E-state index in [9.17, 15) is 4.79 Å². The van der Waals surface area contributed by atoms with Crippen molar-refractivity contribution in [3.8, 4) is 11.3 Å². The van der Waals surface area contributed by atoms with Crippen LogP contribution in [0.4, 0.5) is 5.13 Å². The number of aromatic nitrogens is 3. The van der Waals surface area contributed by atoms with Crippen LogP contribution in [-0.2, 0) is 12.8 Å². The van der Waals surface area contributed by atoms with Crippen molar-refractivity contribution in [3.63, 3.8) is 0 Å². The van der Waals surface area contributed by atoms with Gasteiger partial charge in [0.05, 0.1) is 16.8 Å². The van der Waals surface area contributed by atoms with Crippen LogP contribution in [0, 0.1) is 0 Å². The van der Waals surface area contributed by atoms with Gasteiger partial charge in [-0.3, -0.25) is 10.1 Å². The van der Waals surface area contributed by atoms with Gasteiger partial charge in [0.1, 0.15) is 5.01 Å². The highest BCUT2D eigenvalue weighted by Gasteiger charge is 2.16. The van der Waals surface area contributed by atoms with E-state index in [-0.39, 0.29) is 5.91 Å². The molecule has 0 saturated heterocycles. The molecule has 0 aliphatic rings. The van der Waals surface area contributed by atoms with Crippen molar-refractivity contribution in [1.82, 2.24) is 15.2 Å². The summed E-state index contributed by atoms with van der Waals surface area (Å²) < 4.78 is 0. The first-order valence-electron chi connectivity index (χ1n) is 9.30. The lowest BCUT2D eigenvalue weighted by atomic mass is 10.0. The number of aryl methyl sites for hydroxylation is 2. The summed E-state index contributed by atoms with van der Waals surface area (Å²) in [6.45, 7) is 4.14. The number of benzene rings is 2. The number of anilines is 1. The minimum Gasteiger partial charge on any atom is -0.296 e. The summed E-state index contributed by atoms with van der Waals surface area (Å²) in [5.41, 5.74) is 4.40. The van der Waals surface area contributed by atoms with Crippen LogP contribution in [0.25, 0.3) is 22.2 Å². The first-order chi connectivity index (χ1) is 13.7. The van der Waals surface area contributed by atoms with E-state index in [0.29, 0.717) is 10.7 Å². The number of pyridine rings is 1. The standard InChI is InChI=1S/C22H20N4OS/c1-3-14-9-11-15(12-10-14)19-13-17(16-7-5-6-8-18(16)23-19)21(27)24-22-26-25-20(4-2)28-22/h5-13H,3-4H2,1-2H3,(H,24,26,27). The average molecular weight is 388 g/mol. The zero-order valence-corrected chi connectivity index (χ0v) is 16.6. The quantitative estimate of drug-likeness (QED) is 0.515. The van der Waals surface area contributed by atoms with Gasteiger partial charge in [0, 0.05) is 10.9 Å². The van der Waals surface area contributed by atoms with Crippen LogP contribution >= 0.6 is 11.3 Å². The molecule has 0 fully saturated rings. The molecule has 6 heteroatoms. The third-order valence-corrected chi connectivity index (χ3v) is 5.59. The summed E-state index contributed by atoms with van der Waals surface area (Å²) in [5.74, 6) is -0.205. The van der Waals surface area contributed by atoms with Crippen LogP contribution < -0.4 is 5.32 Å². The molecule has 4 rings (SSSR count). The van der Waals surface area contributed by atoms with E-state index in [2.05, 4.69) is 46.7 Å². The summed E-state index contributed by atoms with van der Waals surface area (Å²) >= 11 is 1.40. The molecule has 4 aromatic rings. The minimum absolute atomic E-state index is 0.205. The summed E-state index contributed by atoms with van der Waals surface area (Å²) in [6.07, 6.45) is 1.78. The minimum atomic E-state index is -0.205. The van der Waals surface area contributed by atoms with Crippen molar-refractivity contribution in [1.29, 1.82) is 0 Å². The topological polar surface area (TPSA) is 67.8 Å². The predicted octanol–water partition coefficient (Wildman–Crippen LogP) is 5.13. The Morgan fingerprint density at radius 1 is 1.00 bits per heavy atom. The Hall–Kier alpha value is -3.12. The van der Waals surface area contributed by atoms with Gasteiger partial charge in [0.15, 0.2) is 0 Å². The monoisotopic (exact) mass is 388 g/mol. The third-order valence-electron chi connectivity index (χ3n) is 4.61. The number of carbonyl (C=O) groups excluding carboxylic acids is 1. The Bertz CT molecular complexity index is 1130. The molecule has 140 valence electrons. The van der Waals surface area contributed by atoms with Crippen LogP contribution in [0.1, 0.15) is 34.8 Å². The summed E-state index contributed by atoms with van der Waals surface area (Å²) in [5, 5.41) is 13.2. The normalized spacial score (nSPS) is 10.9. The highest BCUT2D eigenvalue weighted by atomic mass is 32.1. The van der Waals surface area contributed by atoms with Crippen molar-refractivity contribution in [2.75, 3.05) is 5.32 Å². The molecule has 0 aliphatic heterocycles. The number of fused-ring (bicyclic) bond motifs is 1. The van der Waals surface area contributed by atoms with Crippen molar-refractivity contribution in [2.24, 2.45) is 0 Å². The number of nitrogens with one attached hydrogen (secondary N) is 1. The van der Waals surface area contributed by atoms with E-state index < -0.39 is 0 Å². The second kappa shape index (κ2) is 7.86. The lowest BCUT2D eigenvalue weighted by Crippen LogP contribution is -2.13. The Morgan fingerprint density at radius 2 is 1.79 bits per heavy atom. The highest BCUT2D eigenvalue weighted by Crippen LogP contribution is 2.26. The summed E-state index contributed by atoms with van der Waals surface area (Å²) in [4.78, 5) is 17.8. The van der Waals surface area contributed by atoms with Crippen molar-refractivity contribution >= 4 is 33.3 Å². The zero-order chi connectivity index (χ0) is 19.5. The van der Waals surface area contributed by atoms with Gasteiger partial charge in [0.25, 0.3) is 5.91 Å². The molecule has 0 atom stereocenters. The largest absolute Gasteiger partial charge is 0.296 e. The van der Waals surface area contributed by atoms with Crippen molar-refractivity contribution in [3.05, 3.63) is 70.7 Å². The molecular formula is C22H20N4OS. The van der Waals surface area contributed by atoms with Crippen molar-refractivity contribution in [2.45, 2.75) is 26.7 Å². The smallest absolute Gasteiger partial charge is 0.258 e. The fourth-order valence-electron chi connectivity index (χ4n) is 3.03. The third kappa shape index (κ3) is 3.64. The fraction of sp³-hybridized carbons (Fsp3) is 0.182. The lowest BCUT2D eigenvalue weighted by molar-refractivity contribution is 0.102. The van der Waals surface area contributed by atoms with Gasteiger partial charge in [-0.05, 0) is 30.5 Å². The summed E-state index contributed by atoms with van der Waals surface area (Å²) in [6, 6.07) is 17.8. The van der Waals surface area contributed by atoms with Gasteiger partial charge >= 0.3 is 0 Å². The molecule has 5 nitrogen and oxygen atoms in total. The number of amides is 1. The second-order valence-corrected chi connectivity index (χ2v) is 7.49. The summed E-state index contributed by atoms with van der Waals surface area (Å²) in [7, 11) is 0. The Kier molecular flexibility index (Phi) is 5.12. The highest BCUT2D eigenvalue weighted by molar-refractivity contribution is 7.15. The second-order valence-electron chi connectivity index (χ2n) is 6.43. The van der Waals surface area contributed by atoms with Crippen LogP contribution in [0.2, 0.25) is 0 Å². The van der Waals surface area contributed by atoms with Gasteiger partial charge in [-0.1, -0.05) is 67.6 Å². The number of hydrogen-bond donors (Lipinski definition) is 1. The van der Waals surface area contributed by atoms with Gasteiger partial charge in [0.2, 0.25) is 5.13 Å².